The Morgan fingerprint density at radius 2 is 1.47 bits per heavy atom. The zero-order chi connectivity index (χ0) is 13.4. The average molecular weight is 253 g/mol. The van der Waals surface area contributed by atoms with Crippen molar-refractivity contribution in [3.05, 3.63) is 40.9 Å². The van der Waals surface area contributed by atoms with E-state index >= 15 is 0 Å². The van der Waals surface area contributed by atoms with Gasteiger partial charge in [0.05, 0.1) is 0 Å². The highest BCUT2D eigenvalue weighted by molar-refractivity contribution is 7.71. The minimum absolute atomic E-state index is 0.230. The number of hydrogen-bond donors (Lipinski definition) is 0. The number of hydrogen-bond acceptors (Lipinski definition) is 1. The SMILES string of the molecule is CC.CC.Cn1cc(F)c2ccccc2c1=S. The van der Waals surface area contributed by atoms with Gasteiger partial charge in [-0.1, -0.05) is 64.2 Å². The summed E-state index contributed by atoms with van der Waals surface area (Å²) in [7, 11) is 1.75. The third-order valence-corrected chi connectivity index (χ3v) is 2.55. The Kier molecular flexibility index (Phi) is 7.39. The summed E-state index contributed by atoms with van der Waals surface area (Å²) in [5.74, 6) is -0.230. The topological polar surface area (TPSA) is 4.93 Å². The minimum Gasteiger partial charge on any atom is -0.339 e. The molecule has 1 heterocycles. The smallest absolute Gasteiger partial charge is 0.147 e. The standard InChI is InChI=1S/C10H8FNS.2C2H6/c1-12-6-9(11)7-4-2-3-5-8(7)10(12)13;2*1-2/h2-6H,1H3;2*1-2H3. The molecule has 0 aliphatic rings. The van der Waals surface area contributed by atoms with Crippen LogP contribution >= 0.6 is 12.2 Å². The number of rotatable bonds is 0. The van der Waals surface area contributed by atoms with E-state index in [4.69, 9.17) is 12.2 Å². The Hall–Kier alpha value is -1.22. The second-order valence-electron chi connectivity index (χ2n) is 2.94. The maximum absolute atomic E-state index is 13.4. The number of halogens is 1. The number of aromatic nitrogens is 1. The fraction of sp³-hybridized carbons (Fsp3) is 0.357. The number of pyridine rings is 1. The Bertz CT molecular complexity index is 517. The molecule has 0 radical (unpaired) electrons. The van der Waals surface area contributed by atoms with Crippen LogP contribution in [0.1, 0.15) is 27.7 Å². The number of aryl methyl sites for hydroxylation is 1. The van der Waals surface area contributed by atoms with Gasteiger partial charge in [0.25, 0.3) is 0 Å². The van der Waals surface area contributed by atoms with E-state index in [0.29, 0.717) is 10.0 Å². The molecule has 0 N–H and O–H groups in total. The van der Waals surface area contributed by atoms with Gasteiger partial charge >= 0.3 is 0 Å². The van der Waals surface area contributed by atoms with E-state index in [0.717, 1.165) is 5.39 Å². The van der Waals surface area contributed by atoms with Crippen molar-refractivity contribution in [2.24, 2.45) is 7.05 Å². The normalized spacial score (nSPS) is 8.82. The molecule has 0 fully saturated rings. The molecule has 1 aromatic heterocycles. The quantitative estimate of drug-likeness (QED) is 0.591. The Balaban J connectivity index is 0.000000581. The molecule has 0 unspecified atom stereocenters. The van der Waals surface area contributed by atoms with Gasteiger partial charge < -0.3 is 4.57 Å². The predicted octanol–water partition coefficient (Wildman–Crippen LogP) is 5.10. The van der Waals surface area contributed by atoms with Crippen molar-refractivity contribution < 1.29 is 4.39 Å². The Morgan fingerprint density at radius 1 is 1.00 bits per heavy atom. The van der Waals surface area contributed by atoms with Crippen LogP contribution in [0.5, 0.6) is 0 Å². The van der Waals surface area contributed by atoms with Crippen molar-refractivity contribution in [2.75, 3.05) is 0 Å². The monoisotopic (exact) mass is 253 g/mol. The molecule has 0 saturated carbocycles. The van der Waals surface area contributed by atoms with E-state index in [1.807, 2.05) is 39.8 Å². The molecule has 1 aromatic carbocycles. The van der Waals surface area contributed by atoms with Crippen LogP contribution in [-0.2, 0) is 7.05 Å². The fourth-order valence-corrected chi connectivity index (χ4v) is 1.60. The lowest BCUT2D eigenvalue weighted by atomic mass is 10.2. The van der Waals surface area contributed by atoms with E-state index in [-0.39, 0.29) is 5.82 Å². The second-order valence-corrected chi connectivity index (χ2v) is 3.33. The van der Waals surface area contributed by atoms with Gasteiger partial charge in [-0.3, -0.25) is 0 Å². The summed E-state index contributed by atoms with van der Waals surface area (Å²) in [5, 5.41) is 1.38. The maximum Gasteiger partial charge on any atom is 0.147 e. The summed E-state index contributed by atoms with van der Waals surface area (Å²) in [6.45, 7) is 8.00. The predicted molar refractivity (Wildman–Crippen MR) is 76.4 cm³/mol. The molecular formula is C14H20FNS. The molecule has 94 valence electrons. The third kappa shape index (κ3) is 3.63. The van der Waals surface area contributed by atoms with Gasteiger partial charge in [-0.25, -0.2) is 4.39 Å². The van der Waals surface area contributed by atoms with Gasteiger partial charge in [-0.05, 0) is 0 Å². The van der Waals surface area contributed by atoms with Crippen LogP contribution in [0.2, 0.25) is 0 Å². The first-order valence-electron chi connectivity index (χ1n) is 5.94. The number of fused-ring (bicyclic) bond motifs is 1. The highest BCUT2D eigenvalue weighted by atomic mass is 32.1. The third-order valence-electron chi connectivity index (χ3n) is 2.04. The maximum atomic E-state index is 13.4. The van der Waals surface area contributed by atoms with Gasteiger partial charge in [-0.15, -0.1) is 0 Å². The van der Waals surface area contributed by atoms with Gasteiger partial charge in [0.2, 0.25) is 0 Å². The van der Waals surface area contributed by atoms with E-state index < -0.39 is 0 Å². The molecular weight excluding hydrogens is 233 g/mol. The summed E-state index contributed by atoms with van der Waals surface area (Å²) < 4.78 is 15.6. The molecule has 0 aliphatic carbocycles. The second kappa shape index (κ2) is 7.96. The summed E-state index contributed by atoms with van der Waals surface area (Å²) >= 11 is 5.15. The summed E-state index contributed by atoms with van der Waals surface area (Å²) in [4.78, 5) is 0. The van der Waals surface area contributed by atoms with Gasteiger partial charge in [0, 0.05) is 24.0 Å². The first-order chi connectivity index (χ1) is 8.20. The molecule has 0 aliphatic heterocycles. The first-order valence-corrected chi connectivity index (χ1v) is 6.35. The van der Waals surface area contributed by atoms with Crippen LogP contribution in [-0.4, -0.2) is 4.57 Å². The number of nitrogens with zero attached hydrogens (tertiary/aromatic N) is 1. The molecule has 0 atom stereocenters. The lowest BCUT2D eigenvalue weighted by molar-refractivity contribution is 0.621. The molecule has 17 heavy (non-hydrogen) atoms. The van der Waals surface area contributed by atoms with Gasteiger partial charge in [0.1, 0.15) is 10.5 Å². The Morgan fingerprint density at radius 3 is 2.00 bits per heavy atom. The zero-order valence-corrected chi connectivity index (χ0v) is 11.9. The van der Waals surface area contributed by atoms with Crippen LogP contribution in [0.25, 0.3) is 10.8 Å². The van der Waals surface area contributed by atoms with Crippen LogP contribution < -0.4 is 0 Å². The summed E-state index contributed by atoms with van der Waals surface area (Å²) in [5.41, 5.74) is 0. The van der Waals surface area contributed by atoms with Crippen molar-refractivity contribution in [3.8, 4) is 0 Å². The lowest BCUT2D eigenvalue weighted by Gasteiger charge is -2.03. The first kappa shape index (κ1) is 15.8. The molecule has 0 bridgehead atoms. The summed E-state index contributed by atoms with van der Waals surface area (Å²) in [6.07, 6.45) is 1.41. The van der Waals surface area contributed by atoms with Crippen LogP contribution in [0.3, 0.4) is 0 Å². The van der Waals surface area contributed by atoms with E-state index in [2.05, 4.69) is 0 Å². The molecule has 0 amide bonds. The lowest BCUT2D eigenvalue weighted by Crippen LogP contribution is -1.95. The van der Waals surface area contributed by atoms with E-state index in [1.54, 1.807) is 23.7 Å². The van der Waals surface area contributed by atoms with Crippen LogP contribution in [0.4, 0.5) is 4.39 Å². The van der Waals surface area contributed by atoms with E-state index in [1.165, 1.54) is 6.20 Å². The van der Waals surface area contributed by atoms with Gasteiger partial charge in [-0.2, -0.15) is 0 Å². The van der Waals surface area contributed by atoms with Crippen molar-refractivity contribution in [3.63, 3.8) is 0 Å². The Labute approximate surface area is 108 Å². The molecule has 1 nitrogen and oxygen atoms in total. The minimum atomic E-state index is -0.230. The van der Waals surface area contributed by atoms with Gasteiger partial charge in [0.15, 0.2) is 0 Å². The molecule has 0 spiro atoms. The zero-order valence-electron chi connectivity index (χ0n) is 11.1. The van der Waals surface area contributed by atoms with Crippen LogP contribution in [0.15, 0.2) is 30.5 Å². The number of benzene rings is 1. The van der Waals surface area contributed by atoms with Crippen molar-refractivity contribution in [2.45, 2.75) is 27.7 Å². The highest BCUT2D eigenvalue weighted by Crippen LogP contribution is 2.17. The molecule has 2 aromatic rings. The largest absolute Gasteiger partial charge is 0.339 e. The average Bonchev–Trinajstić information content (AvgIpc) is 2.41. The van der Waals surface area contributed by atoms with Crippen molar-refractivity contribution in [1.29, 1.82) is 0 Å². The van der Waals surface area contributed by atoms with Crippen LogP contribution in [0, 0.1) is 10.5 Å². The molecule has 0 saturated heterocycles. The highest BCUT2D eigenvalue weighted by Gasteiger charge is 2.02. The van der Waals surface area contributed by atoms with Crippen molar-refractivity contribution in [1.82, 2.24) is 4.57 Å². The fourth-order valence-electron chi connectivity index (χ4n) is 1.37. The molecule has 3 heteroatoms. The molecule has 2 rings (SSSR count). The summed E-state index contributed by atoms with van der Waals surface area (Å²) in [6, 6.07) is 7.24. The van der Waals surface area contributed by atoms with E-state index in [9.17, 15) is 4.39 Å². The van der Waals surface area contributed by atoms with Crippen molar-refractivity contribution >= 4 is 23.0 Å².